The second-order valence-electron chi connectivity index (χ2n) is 7.21. The van der Waals surface area contributed by atoms with E-state index >= 15 is 0 Å². The molecule has 3 aromatic rings. The molecule has 1 unspecified atom stereocenters. The number of hydrogen-bond donors (Lipinski definition) is 1. The first-order valence-corrected chi connectivity index (χ1v) is 10.1. The topological polar surface area (TPSA) is 57.2 Å². The Kier molecular flexibility index (Phi) is 7.11. The Morgan fingerprint density at radius 3 is 1.73 bits per heavy atom. The van der Waals surface area contributed by atoms with Crippen LogP contribution in [0, 0.1) is 0 Å². The molecule has 0 amide bonds. The molecule has 156 valence electrons. The average molecular weight is 406 g/mol. The zero-order valence-electron chi connectivity index (χ0n) is 16.7. The van der Waals surface area contributed by atoms with Crippen molar-refractivity contribution >= 4 is 0 Å². The maximum absolute atomic E-state index is 10.5. The summed E-state index contributed by atoms with van der Waals surface area (Å²) in [7, 11) is 0. The maximum atomic E-state index is 10.5. The number of ether oxygens (including phenoxy) is 4. The number of aliphatic hydroxyl groups is 1. The van der Waals surface area contributed by atoms with Crippen LogP contribution in [0.2, 0.25) is 0 Å². The highest BCUT2D eigenvalue weighted by Crippen LogP contribution is 2.28. The van der Waals surface area contributed by atoms with Gasteiger partial charge in [-0.25, -0.2) is 0 Å². The van der Waals surface area contributed by atoms with Crippen LogP contribution in [0.3, 0.4) is 0 Å². The zero-order valence-corrected chi connectivity index (χ0v) is 16.7. The smallest absolute Gasteiger partial charge is 0.184 e. The Balaban J connectivity index is 1.43. The number of benzene rings is 3. The lowest BCUT2D eigenvalue weighted by molar-refractivity contribution is -0.150. The van der Waals surface area contributed by atoms with E-state index in [1.54, 1.807) is 0 Å². The quantitative estimate of drug-likeness (QED) is 0.583. The summed E-state index contributed by atoms with van der Waals surface area (Å²) in [4.78, 5) is 0. The minimum absolute atomic E-state index is 0.256. The summed E-state index contributed by atoms with van der Waals surface area (Å²) in [5.74, 6) is 0.742. The first-order chi connectivity index (χ1) is 14.8. The molecule has 1 N–H and O–H groups in total. The second kappa shape index (κ2) is 10.4. The Labute approximate surface area is 176 Å². The molecule has 4 atom stereocenters. The van der Waals surface area contributed by atoms with Crippen LogP contribution < -0.4 is 4.74 Å². The van der Waals surface area contributed by atoms with E-state index in [9.17, 15) is 5.11 Å². The molecular weight excluding hydrogens is 380 g/mol. The van der Waals surface area contributed by atoms with Crippen LogP contribution in [0.1, 0.15) is 11.1 Å². The maximum Gasteiger partial charge on any atom is 0.184 e. The fraction of sp³-hybridized carbons (Fsp3) is 0.280. The summed E-state index contributed by atoms with van der Waals surface area (Å²) in [6.45, 7) is 1.02. The van der Waals surface area contributed by atoms with Crippen molar-refractivity contribution in [2.45, 2.75) is 37.8 Å². The van der Waals surface area contributed by atoms with Gasteiger partial charge in [0.2, 0.25) is 0 Å². The fourth-order valence-corrected chi connectivity index (χ4v) is 3.45. The van der Waals surface area contributed by atoms with E-state index in [0.29, 0.717) is 13.2 Å². The van der Waals surface area contributed by atoms with Crippen molar-refractivity contribution in [3.05, 3.63) is 102 Å². The number of aliphatic hydroxyl groups excluding tert-OH is 1. The molecule has 0 radical (unpaired) electrons. The number of rotatable bonds is 9. The molecule has 4 rings (SSSR count). The summed E-state index contributed by atoms with van der Waals surface area (Å²) in [5, 5.41) is 10.5. The second-order valence-corrected chi connectivity index (χ2v) is 7.21. The van der Waals surface area contributed by atoms with Gasteiger partial charge in [-0.2, -0.15) is 0 Å². The molecule has 0 aliphatic carbocycles. The summed E-state index contributed by atoms with van der Waals surface area (Å²) in [6, 6.07) is 29.3. The van der Waals surface area contributed by atoms with Crippen molar-refractivity contribution in [2.75, 3.05) is 6.61 Å². The Morgan fingerprint density at radius 2 is 1.17 bits per heavy atom. The Morgan fingerprint density at radius 1 is 0.667 bits per heavy atom. The minimum atomic E-state index is -1.08. The normalized spacial score (nSPS) is 23.4. The van der Waals surface area contributed by atoms with Crippen LogP contribution in [0.25, 0.3) is 0 Å². The number of hydrogen-bond acceptors (Lipinski definition) is 5. The van der Waals surface area contributed by atoms with E-state index in [2.05, 4.69) is 0 Å². The van der Waals surface area contributed by atoms with E-state index < -0.39 is 24.6 Å². The lowest BCUT2D eigenvalue weighted by atomic mass is 10.1. The van der Waals surface area contributed by atoms with Crippen LogP contribution in [0.4, 0.5) is 0 Å². The Hall–Kier alpha value is -2.70. The predicted octanol–water partition coefficient (Wildman–Crippen LogP) is 3.95. The summed E-state index contributed by atoms with van der Waals surface area (Å²) >= 11 is 0. The molecule has 3 aromatic carbocycles. The highest BCUT2D eigenvalue weighted by molar-refractivity contribution is 5.21. The van der Waals surface area contributed by atoms with E-state index in [0.717, 1.165) is 16.9 Å². The highest BCUT2D eigenvalue weighted by atomic mass is 16.7. The lowest BCUT2D eigenvalue weighted by Gasteiger charge is -2.24. The van der Waals surface area contributed by atoms with Crippen molar-refractivity contribution in [2.24, 2.45) is 0 Å². The molecule has 0 spiro atoms. The zero-order chi connectivity index (χ0) is 20.6. The van der Waals surface area contributed by atoms with Gasteiger partial charge in [-0.3, -0.25) is 0 Å². The number of para-hydroxylation sites is 1. The van der Waals surface area contributed by atoms with Crippen molar-refractivity contribution in [1.29, 1.82) is 0 Å². The van der Waals surface area contributed by atoms with Crippen molar-refractivity contribution in [3.8, 4) is 5.75 Å². The fourth-order valence-electron chi connectivity index (χ4n) is 3.45. The van der Waals surface area contributed by atoms with Gasteiger partial charge in [0.25, 0.3) is 0 Å². The SMILES string of the molecule is OC1O[C@@H](COc2ccccc2)[C@@H](OCc2ccccc2)[C@H]1OCc1ccccc1. The van der Waals surface area contributed by atoms with Crippen molar-refractivity contribution in [3.63, 3.8) is 0 Å². The van der Waals surface area contributed by atoms with Gasteiger partial charge < -0.3 is 24.1 Å². The average Bonchev–Trinajstić information content (AvgIpc) is 3.11. The molecule has 0 aromatic heterocycles. The lowest BCUT2D eigenvalue weighted by Crippen LogP contribution is -2.39. The molecule has 0 saturated carbocycles. The van der Waals surface area contributed by atoms with Gasteiger partial charge >= 0.3 is 0 Å². The van der Waals surface area contributed by atoms with Crippen LogP contribution >= 0.6 is 0 Å². The molecule has 0 bridgehead atoms. The first kappa shape index (κ1) is 20.6. The van der Waals surface area contributed by atoms with Crippen molar-refractivity contribution < 1.29 is 24.1 Å². The largest absolute Gasteiger partial charge is 0.491 e. The molecule has 30 heavy (non-hydrogen) atoms. The third kappa shape index (κ3) is 5.46. The molecule has 5 heteroatoms. The van der Waals surface area contributed by atoms with E-state index in [1.165, 1.54) is 0 Å². The van der Waals surface area contributed by atoms with Crippen LogP contribution in [0.5, 0.6) is 5.75 Å². The van der Waals surface area contributed by atoms with Gasteiger partial charge in [0.1, 0.15) is 30.7 Å². The van der Waals surface area contributed by atoms with Gasteiger partial charge in [0, 0.05) is 0 Å². The Bertz CT molecular complexity index is 872. The summed E-state index contributed by atoms with van der Waals surface area (Å²) in [5.41, 5.74) is 2.07. The summed E-state index contributed by atoms with van der Waals surface area (Å²) in [6.07, 6.45) is -2.62. The van der Waals surface area contributed by atoms with Gasteiger partial charge in [0.15, 0.2) is 6.29 Å². The first-order valence-electron chi connectivity index (χ1n) is 10.1. The van der Waals surface area contributed by atoms with Crippen molar-refractivity contribution in [1.82, 2.24) is 0 Å². The molecule has 1 saturated heterocycles. The van der Waals surface area contributed by atoms with Gasteiger partial charge in [-0.05, 0) is 23.3 Å². The van der Waals surface area contributed by atoms with Gasteiger partial charge in [0.05, 0.1) is 13.2 Å². The van der Waals surface area contributed by atoms with Crippen LogP contribution in [-0.2, 0) is 27.4 Å². The van der Waals surface area contributed by atoms with Gasteiger partial charge in [-0.15, -0.1) is 0 Å². The molecule has 1 aliphatic rings. The van der Waals surface area contributed by atoms with E-state index in [-0.39, 0.29) is 6.61 Å². The molecular formula is C25H26O5. The summed E-state index contributed by atoms with van der Waals surface area (Å²) < 4.78 is 23.8. The minimum Gasteiger partial charge on any atom is -0.491 e. The monoisotopic (exact) mass is 406 g/mol. The van der Waals surface area contributed by atoms with Crippen LogP contribution in [-0.4, -0.2) is 36.3 Å². The molecule has 1 fully saturated rings. The van der Waals surface area contributed by atoms with E-state index in [4.69, 9.17) is 18.9 Å². The standard InChI is InChI=1S/C25H26O5/c26-25-24(29-17-20-12-6-2-7-13-20)23(28-16-19-10-4-1-5-11-19)22(30-25)18-27-21-14-8-3-9-15-21/h1-15,22-26H,16-18H2/t22-,23+,24+,25?/m0/s1. The van der Waals surface area contributed by atoms with E-state index in [1.807, 2.05) is 91.0 Å². The highest BCUT2D eigenvalue weighted by Gasteiger charge is 2.46. The third-order valence-electron chi connectivity index (χ3n) is 5.01. The predicted molar refractivity (Wildman–Crippen MR) is 113 cm³/mol. The van der Waals surface area contributed by atoms with Crippen LogP contribution in [0.15, 0.2) is 91.0 Å². The molecule has 1 aliphatic heterocycles. The van der Waals surface area contributed by atoms with Gasteiger partial charge in [-0.1, -0.05) is 78.9 Å². The molecule has 1 heterocycles. The molecule has 5 nitrogen and oxygen atoms in total. The third-order valence-corrected chi connectivity index (χ3v) is 5.01.